The Morgan fingerprint density at radius 3 is 2.50 bits per heavy atom. The Labute approximate surface area is 67.0 Å². The molecule has 0 aromatic carbocycles. The SMILES string of the molecule is C1CC2(CCSCC2)CN1. The van der Waals surface area contributed by atoms with E-state index in [0.717, 1.165) is 5.41 Å². The summed E-state index contributed by atoms with van der Waals surface area (Å²) in [5, 5.41) is 3.47. The van der Waals surface area contributed by atoms with E-state index < -0.39 is 0 Å². The largest absolute Gasteiger partial charge is 0.316 e. The number of nitrogens with one attached hydrogen (secondary N) is 1. The second kappa shape index (κ2) is 2.74. The van der Waals surface area contributed by atoms with E-state index in [0.29, 0.717) is 0 Å². The first-order valence-corrected chi connectivity index (χ1v) is 5.35. The second-order valence-corrected chi connectivity index (χ2v) is 4.76. The first kappa shape index (κ1) is 6.99. The molecular formula is C8H15NS. The van der Waals surface area contributed by atoms with Gasteiger partial charge in [0.25, 0.3) is 0 Å². The predicted molar refractivity (Wildman–Crippen MR) is 46.5 cm³/mol. The maximum absolute atomic E-state index is 3.47. The van der Waals surface area contributed by atoms with Gasteiger partial charge in [-0.2, -0.15) is 11.8 Å². The Kier molecular flexibility index (Phi) is 1.92. The molecule has 58 valence electrons. The zero-order valence-electron chi connectivity index (χ0n) is 6.36. The fraction of sp³-hybridized carbons (Fsp3) is 1.00. The summed E-state index contributed by atoms with van der Waals surface area (Å²) in [5.41, 5.74) is 0.741. The average molecular weight is 157 g/mol. The molecule has 2 aliphatic rings. The van der Waals surface area contributed by atoms with Gasteiger partial charge in [0.2, 0.25) is 0 Å². The van der Waals surface area contributed by atoms with Crippen LogP contribution in [0.5, 0.6) is 0 Å². The lowest BCUT2D eigenvalue weighted by Crippen LogP contribution is -2.28. The Balaban J connectivity index is 1.98. The molecule has 0 aromatic rings. The molecule has 2 aliphatic heterocycles. The highest BCUT2D eigenvalue weighted by Crippen LogP contribution is 2.39. The summed E-state index contributed by atoms with van der Waals surface area (Å²) in [4.78, 5) is 0. The number of thioether (sulfide) groups is 1. The van der Waals surface area contributed by atoms with Crippen LogP contribution in [-0.4, -0.2) is 24.6 Å². The first-order chi connectivity index (χ1) is 4.91. The zero-order chi connectivity index (χ0) is 6.86. The third kappa shape index (κ3) is 1.19. The van der Waals surface area contributed by atoms with Crippen LogP contribution in [0.4, 0.5) is 0 Å². The molecule has 0 radical (unpaired) electrons. The maximum atomic E-state index is 3.47. The van der Waals surface area contributed by atoms with Gasteiger partial charge in [0, 0.05) is 6.54 Å². The lowest BCUT2D eigenvalue weighted by molar-refractivity contribution is 0.296. The van der Waals surface area contributed by atoms with Crippen molar-refractivity contribution in [3.05, 3.63) is 0 Å². The molecule has 2 saturated heterocycles. The molecule has 2 rings (SSSR count). The molecule has 10 heavy (non-hydrogen) atoms. The van der Waals surface area contributed by atoms with Gasteiger partial charge in [-0.05, 0) is 42.7 Å². The lowest BCUT2D eigenvalue weighted by atomic mass is 9.81. The maximum Gasteiger partial charge on any atom is 0.000888 e. The molecular weight excluding hydrogens is 142 g/mol. The van der Waals surface area contributed by atoms with Gasteiger partial charge < -0.3 is 5.32 Å². The predicted octanol–water partition coefficient (Wildman–Crippen LogP) is 1.49. The Bertz CT molecular complexity index is 110. The van der Waals surface area contributed by atoms with Crippen LogP contribution in [0, 0.1) is 5.41 Å². The molecule has 0 saturated carbocycles. The van der Waals surface area contributed by atoms with Crippen LogP contribution in [0.15, 0.2) is 0 Å². The van der Waals surface area contributed by atoms with Gasteiger partial charge in [0.15, 0.2) is 0 Å². The summed E-state index contributed by atoms with van der Waals surface area (Å²) in [7, 11) is 0. The van der Waals surface area contributed by atoms with Crippen molar-refractivity contribution in [1.29, 1.82) is 0 Å². The molecule has 2 fully saturated rings. The Morgan fingerprint density at radius 2 is 1.90 bits per heavy atom. The molecule has 0 bridgehead atoms. The summed E-state index contributed by atoms with van der Waals surface area (Å²) >= 11 is 2.13. The highest BCUT2D eigenvalue weighted by molar-refractivity contribution is 7.99. The van der Waals surface area contributed by atoms with E-state index in [1.807, 2.05) is 0 Å². The van der Waals surface area contributed by atoms with Crippen molar-refractivity contribution in [3.8, 4) is 0 Å². The molecule has 0 amide bonds. The van der Waals surface area contributed by atoms with E-state index in [-0.39, 0.29) is 0 Å². The topological polar surface area (TPSA) is 12.0 Å². The van der Waals surface area contributed by atoms with Crippen LogP contribution in [0.25, 0.3) is 0 Å². The average Bonchev–Trinajstić information content (AvgIpc) is 2.39. The minimum absolute atomic E-state index is 0.741. The van der Waals surface area contributed by atoms with Crippen LogP contribution in [0.1, 0.15) is 19.3 Å². The zero-order valence-corrected chi connectivity index (χ0v) is 7.17. The number of hydrogen-bond acceptors (Lipinski definition) is 2. The van der Waals surface area contributed by atoms with Gasteiger partial charge in [-0.15, -0.1) is 0 Å². The molecule has 1 nitrogen and oxygen atoms in total. The lowest BCUT2D eigenvalue weighted by Gasteiger charge is -2.31. The van der Waals surface area contributed by atoms with Gasteiger partial charge in [-0.3, -0.25) is 0 Å². The molecule has 2 heterocycles. The summed E-state index contributed by atoms with van der Waals surface area (Å²) in [6.45, 7) is 2.57. The van der Waals surface area contributed by atoms with E-state index in [9.17, 15) is 0 Å². The van der Waals surface area contributed by atoms with Crippen molar-refractivity contribution in [2.75, 3.05) is 24.6 Å². The van der Waals surface area contributed by atoms with Crippen LogP contribution >= 0.6 is 11.8 Å². The quantitative estimate of drug-likeness (QED) is 0.572. The summed E-state index contributed by atoms with van der Waals surface area (Å²) in [5.74, 6) is 2.81. The van der Waals surface area contributed by atoms with Crippen molar-refractivity contribution < 1.29 is 0 Å². The van der Waals surface area contributed by atoms with E-state index in [1.54, 1.807) is 0 Å². The summed E-state index contributed by atoms with van der Waals surface area (Å²) in [6.07, 6.45) is 4.36. The molecule has 0 unspecified atom stereocenters. The molecule has 0 aliphatic carbocycles. The third-order valence-electron chi connectivity index (χ3n) is 2.89. The number of hydrogen-bond donors (Lipinski definition) is 1. The molecule has 1 spiro atoms. The van der Waals surface area contributed by atoms with Gasteiger partial charge in [0.1, 0.15) is 0 Å². The molecule has 0 aromatic heterocycles. The fourth-order valence-corrected chi connectivity index (χ4v) is 3.39. The number of rotatable bonds is 0. The molecule has 0 atom stereocenters. The van der Waals surface area contributed by atoms with E-state index in [2.05, 4.69) is 17.1 Å². The molecule has 2 heteroatoms. The van der Waals surface area contributed by atoms with Crippen LogP contribution in [0.3, 0.4) is 0 Å². The van der Waals surface area contributed by atoms with E-state index >= 15 is 0 Å². The third-order valence-corrected chi connectivity index (χ3v) is 3.87. The van der Waals surface area contributed by atoms with Crippen molar-refractivity contribution in [2.45, 2.75) is 19.3 Å². The van der Waals surface area contributed by atoms with E-state index in [1.165, 1.54) is 43.9 Å². The van der Waals surface area contributed by atoms with Crippen LogP contribution in [-0.2, 0) is 0 Å². The first-order valence-electron chi connectivity index (χ1n) is 4.20. The summed E-state index contributed by atoms with van der Waals surface area (Å²) < 4.78 is 0. The molecule has 1 N–H and O–H groups in total. The minimum atomic E-state index is 0.741. The van der Waals surface area contributed by atoms with Gasteiger partial charge >= 0.3 is 0 Å². The van der Waals surface area contributed by atoms with Crippen molar-refractivity contribution in [2.24, 2.45) is 5.41 Å². The Hall–Kier alpha value is 0.310. The normalized spacial score (nSPS) is 31.2. The highest BCUT2D eigenvalue weighted by Gasteiger charge is 2.34. The fourth-order valence-electron chi connectivity index (χ4n) is 2.03. The smallest absolute Gasteiger partial charge is 0.000888 e. The minimum Gasteiger partial charge on any atom is -0.316 e. The van der Waals surface area contributed by atoms with Crippen LogP contribution < -0.4 is 5.32 Å². The van der Waals surface area contributed by atoms with E-state index in [4.69, 9.17) is 0 Å². The van der Waals surface area contributed by atoms with Crippen LogP contribution in [0.2, 0.25) is 0 Å². The van der Waals surface area contributed by atoms with Gasteiger partial charge in [-0.25, -0.2) is 0 Å². The Morgan fingerprint density at radius 1 is 1.10 bits per heavy atom. The summed E-state index contributed by atoms with van der Waals surface area (Å²) in [6, 6.07) is 0. The van der Waals surface area contributed by atoms with Crippen molar-refractivity contribution >= 4 is 11.8 Å². The monoisotopic (exact) mass is 157 g/mol. The van der Waals surface area contributed by atoms with Crippen molar-refractivity contribution in [1.82, 2.24) is 5.32 Å². The van der Waals surface area contributed by atoms with Crippen molar-refractivity contribution in [3.63, 3.8) is 0 Å². The highest BCUT2D eigenvalue weighted by atomic mass is 32.2. The van der Waals surface area contributed by atoms with Gasteiger partial charge in [-0.1, -0.05) is 0 Å². The van der Waals surface area contributed by atoms with Gasteiger partial charge in [0.05, 0.1) is 0 Å². The standard InChI is InChI=1S/C8H15NS/c1-4-9-7-8(1)2-5-10-6-3-8/h9H,1-7H2. The second-order valence-electron chi connectivity index (χ2n) is 3.54.